The normalized spacial score (nSPS) is 11.7. The zero-order valence-corrected chi connectivity index (χ0v) is 14.3. The number of hydrogen-bond donors (Lipinski definition) is 1. The molecule has 1 amide bonds. The first-order valence-corrected chi connectivity index (χ1v) is 9.14. The van der Waals surface area contributed by atoms with E-state index in [4.69, 9.17) is 11.6 Å². The van der Waals surface area contributed by atoms with E-state index in [2.05, 4.69) is 25.5 Å². The fraction of sp³-hybridized carbons (Fsp3) is 0.364. The van der Waals surface area contributed by atoms with Gasteiger partial charge in [-0.05, 0) is 0 Å². The van der Waals surface area contributed by atoms with Crippen LogP contribution in [-0.4, -0.2) is 40.7 Å². The Morgan fingerprint density at radius 1 is 1.36 bits per heavy atom. The molecule has 2 aromatic heterocycles. The topological polar surface area (TPSA) is 115 Å². The van der Waals surface area contributed by atoms with E-state index < -0.39 is 20.9 Å². The van der Waals surface area contributed by atoms with Crippen LogP contribution < -0.4 is 5.32 Å². The summed E-state index contributed by atoms with van der Waals surface area (Å²) in [5.41, 5.74) is -0.238. The van der Waals surface area contributed by atoms with E-state index in [0.717, 1.165) is 17.5 Å². The average Bonchev–Trinajstić information content (AvgIpc) is 2.86. The number of halogens is 1. The Hall–Kier alpha value is -1.65. The lowest BCUT2D eigenvalue weighted by molar-refractivity contribution is 0.102. The zero-order chi connectivity index (χ0) is 16.5. The van der Waals surface area contributed by atoms with Gasteiger partial charge >= 0.3 is 0 Å². The molecule has 0 aliphatic rings. The lowest BCUT2D eigenvalue weighted by Crippen LogP contribution is -2.17. The van der Waals surface area contributed by atoms with Gasteiger partial charge in [-0.2, -0.15) is 0 Å². The first-order valence-electron chi connectivity index (χ1n) is 6.06. The number of carbonyl (C=O) groups excluding carboxylic acids is 1. The number of amides is 1. The quantitative estimate of drug-likeness (QED) is 0.825. The van der Waals surface area contributed by atoms with Gasteiger partial charge in [0.25, 0.3) is 5.91 Å². The fourth-order valence-corrected chi connectivity index (χ4v) is 2.78. The number of sulfone groups is 1. The van der Waals surface area contributed by atoms with Gasteiger partial charge in [0, 0.05) is 12.2 Å². The second-order valence-electron chi connectivity index (χ2n) is 4.68. The summed E-state index contributed by atoms with van der Waals surface area (Å²) in [5, 5.41) is 10.8. The third-order valence-corrected chi connectivity index (χ3v) is 4.70. The van der Waals surface area contributed by atoms with E-state index in [0.29, 0.717) is 0 Å². The molecule has 0 spiro atoms. The molecule has 0 saturated heterocycles. The smallest absolute Gasteiger partial charge is 0.277 e. The monoisotopic (exact) mass is 361 g/mol. The highest BCUT2D eigenvalue weighted by molar-refractivity contribution is 7.90. The number of nitrogens with zero attached hydrogens (tertiary/aromatic N) is 4. The van der Waals surface area contributed by atoms with Gasteiger partial charge in [0.1, 0.15) is 5.01 Å². The van der Waals surface area contributed by atoms with Crippen LogP contribution in [0.5, 0.6) is 0 Å². The molecule has 0 atom stereocenters. The Morgan fingerprint density at radius 2 is 2.05 bits per heavy atom. The second kappa shape index (κ2) is 6.23. The van der Waals surface area contributed by atoms with E-state index in [-0.39, 0.29) is 21.8 Å². The average molecular weight is 362 g/mol. The largest absolute Gasteiger partial charge is 0.295 e. The van der Waals surface area contributed by atoms with Gasteiger partial charge in [-0.1, -0.05) is 36.8 Å². The molecule has 0 aliphatic carbocycles. The maximum absolute atomic E-state index is 12.2. The molecule has 0 bridgehead atoms. The molecule has 0 fully saturated rings. The number of rotatable bonds is 4. The maximum Gasteiger partial charge on any atom is 0.277 e. The number of hydrogen-bond acceptors (Lipinski definition) is 8. The van der Waals surface area contributed by atoms with Crippen LogP contribution in [0.4, 0.5) is 5.13 Å². The van der Waals surface area contributed by atoms with Crippen LogP contribution in [0.25, 0.3) is 0 Å². The van der Waals surface area contributed by atoms with Gasteiger partial charge in [0.2, 0.25) is 20.1 Å². The minimum absolute atomic E-state index is 0.0569. The van der Waals surface area contributed by atoms with Crippen LogP contribution in [0.15, 0.2) is 11.4 Å². The molecule has 118 valence electrons. The minimum atomic E-state index is -3.64. The first kappa shape index (κ1) is 16.7. The SMILES string of the molecule is CC(C)c1nnc(NC(=O)c2nc(S(C)(=O)=O)ncc2Cl)s1. The molecular formula is C11H12ClN5O3S2. The predicted molar refractivity (Wildman–Crippen MR) is 82.1 cm³/mol. The fourth-order valence-electron chi connectivity index (χ4n) is 1.36. The molecule has 2 heterocycles. The van der Waals surface area contributed by atoms with Crippen LogP contribution in [-0.2, 0) is 9.84 Å². The molecule has 0 aromatic carbocycles. The Labute approximate surface area is 135 Å². The van der Waals surface area contributed by atoms with Crippen LogP contribution in [0, 0.1) is 0 Å². The molecule has 0 aliphatic heterocycles. The Balaban J connectivity index is 2.29. The van der Waals surface area contributed by atoms with E-state index in [1.807, 2.05) is 13.8 Å². The van der Waals surface area contributed by atoms with E-state index in [1.54, 1.807) is 0 Å². The van der Waals surface area contributed by atoms with Crippen molar-refractivity contribution in [2.24, 2.45) is 0 Å². The van der Waals surface area contributed by atoms with Gasteiger partial charge in [-0.3, -0.25) is 10.1 Å². The summed E-state index contributed by atoms with van der Waals surface area (Å²) in [4.78, 5) is 19.4. The van der Waals surface area contributed by atoms with Crippen LogP contribution in [0.3, 0.4) is 0 Å². The summed E-state index contributed by atoms with van der Waals surface area (Å²) in [6.45, 7) is 3.90. The Bertz CT molecular complexity index is 819. The highest BCUT2D eigenvalue weighted by atomic mass is 35.5. The summed E-state index contributed by atoms with van der Waals surface area (Å²) < 4.78 is 22.9. The van der Waals surface area contributed by atoms with Gasteiger partial charge in [0.05, 0.1) is 11.2 Å². The molecule has 0 radical (unpaired) electrons. The van der Waals surface area contributed by atoms with Crippen molar-refractivity contribution in [3.63, 3.8) is 0 Å². The zero-order valence-electron chi connectivity index (χ0n) is 11.9. The molecule has 22 heavy (non-hydrogen) atoms. The predicted octanol–water partition coefficient (Wildman–Crippen LogP) is 1.76. The summed E-state index contributed by atoms with van der Waals surface area (Å²) in [6.07, 6.45) is 2.01. The number of carbonyl (C=O) groups is 1. The van der Waals surface area contributed by atoms with Crippen molar-refractivity contribution in [1.29, 1.82) is 0 Å². The second-order valence-corrected chi connectivity index (χ2v) is 8.00. The molecule has 1 N–H and O–H groups in total. The van der Waals surface area contributed by atoms with Gasteiger partial charge in [-0.15, -0.1) is 10.2 Å². The molecule has 8 nitrogen and oxygen atoms in total. The van der Waals surface area contributed by atoms with E-state index in [9.17, 15) is 13.2 Å². The first-order chi connectivity index (χ1) is 10.2. The Morgan fingerprint density at radius 3 is 2.59 bits per heavy atom. The minimum Gasteiger partial charge on any atom is -0.295 e. The van der Waals surface area contributed by atoms with Crippen molar-refractivity contribution in [3.8, 4) is 0 Å². The van der Waals surface area contributed by atoms with Crippen LogP contribution in [0.1, 0.15) is 35.3 Å². The van der Waals surface area contributed by atoms with E-state index >= 15 is 0 Å². The standard InChI is InChI=1S/C11H12ClN5O3S2/c1-5(2)9-16-17-10(21-9)15-8(18)7-6(12)4-13-11(14-7)22(3,19)20/h4-5H,1-3H3,(H,15,17,18). The van der Waals surface area contributed by atoms with Gasteiger partial charge in [-0.25, -0.2) is 18.4 Å². The van der Waals surface area contributed by atoms with Crippen LogP contribution >= 0.6 is 22.9 Å². The highest BCUT2D eigenvalue weighted by Gasteiger charge is 2.20. The number of anilines is 1. The number of aromatic nitrogens is 4. The molecule has 0 unspecified atom stereocenters. The van der Waals surface area contributed by atoms with Crippen molar-refractivity contribution in [3.05, 3.63) is 21.9 Å². The lowest BCUT2D eigenvalue weighted by atomic mass is 10.2. The molecular weight excluding hydrogens is 350 g/mol. The van der Waals surface area contributed by atoms with Gasteiger partial charge < -0.3 is 0 Å². The third kappa shape index (κ3) is 3.76. The van der Waals surface area contributed by atoms with E-state index in [1.165, 1.54) is 11.3 Å². The molecule has 2 rings (SSSR count). The van der Waals surface area contributed by atoms with Crippen molar-refractivity contribution in [2.75, 3.05) is 11.6 Å². The molecule has 11 heteroatoms. The summed E-state index contributed by atoms with van der Waals surface area (Å²) in [5.74, 6) is -0.494. The lowest BCUT2D eigenvalue weighted by Gasteiger charge is -2.04. The van der Waals surface area contributed by atoms with Gasteiger partial charge in [0.15, 0.2) is 5.69 Å². The molecule has 2 aromatic rings. The Kier molecular flexibility index (Phi) is 4.73. The van der Waals surface area contributed by atoms with Crippen molar-refractivity contribution >= 4 is 43.8 Å². The van der Waals surface area contributed by atoms with Crippen molar-refractivity contribution in [1.82, 2.24) is 20.2 Å². The maximum atomic E-state index is 12.2. The third-order valence-electron chi connectivity index (χ3n) is 2.42. The number of nitrogens with one attached hydrogen (secondary N) is 1. The van der Waals surface area contributed by atoms with Crippen molar-refractivity contribution in [2.45, 2.75) is 24.9 Å². The summed E-state index contributed by atoms with van der Waals surface area (Å²) >= 11 is 7.07. The van der Waals surface area contributed by atoms with Crippen molar-refractivity contribution < 1.29 is 13.2 Å². The summed E-state index contributed by atoms with van der Waals surface area (Å²) in [7, 11) is -3.64. The molecule has 0 saturated carbocycles. The van der Waals surface area contributed by atoms with Crippen LogP contribution in [0.2, 0.25) is 5.02 Å². The highest BCUT2D eigenvalue weighted by Crippen LogP contribution is 2.23. The summed E-state index contributed by atoms with van der Waals surface area (Å²) in [6, 6.07) is 0.